The first-order valence-electron chi connectivity index (χ1n) is 15.4. The summed E-state index contributed by atoms with van der Waals surface area (Å²) in [6, 6.07) is 30.3. The molecule has 5 rings (SSSR count). The standard InChI is InChI=1S/C37H37NO8S/c39-22-24-12-14-26(15-13-24)32-20-29(23-47-33-9-4-3-8-31(33)36(43)44)45-37(46-32)27-18-16-25(17-19-27)30-7-2-1-6-28(30)21-38-34(40)10-5-11-35(41)42/h1-4,6-9,12-19,29,32,37,39H,5,10-11,20-23H2,(H,38,40)(H,41,42)(H,43,44)/t29-,32+,37+/m0/s1. The van der Waals surface area contributed by atoms with Crippen molar-refractivity contribution < 1.29 is 39.2 Å². The fourth-order valence-electron chi connectivity index (χ4n) is 5.43. The number of nitrogens with one attached hydrogen (secondary N) is 1. The first kappa shape index (κ1) is 33.9. The molecule has 0 aromatic heterocycles. The molecule has 9 nitrogen and oxygen atoms in total. The average molecular weight is 656 g/mol. The second kappa shape index (κ2) is 16.4. The molecule has 3 atom stereocenters. The molecule has 0 aliphatic carbocycles. The van der Waals surface area contributed by atoms with E-state index in [0.29, 0.717) is 30.0 Å². The first-order chi connectivity index (χ1) is 22.8. The van der Waals surface area contributed by atoms with Crippen molar-refractivity contribution in [3.05, 3.63) is 125 Å². The molecule has 1 aliphatic heterocycles. The van der Waals surface area contributed by atoms with Gasteiger partial charge in [-0.15, -0.1) is 11.8 Å². The number of benzene rings is 4. The fourth-order valence-corrected chi connectivity index (χ4v) is 6.50. The summed E-state index contributed by atoms with van der Waals surface area (Å²) in [5, 5.41) is 30.8. The summed E-state index contributed by atoms with van der Waals surface area (Å²) in [4.78, 5) is 35.4. The van der Waals surface area contributed by atoms with E-state index in [9.17, 15) is 24.6 Å². The minimum atomic E-state index is -0.972. The Hall–Kier alpha value is -4.48. The van der Waals surface area contributed by atoms with Crippen LogP contribution in [0.3, 0.4) is 0 Å². The number of aromatic carboxylic acids is 1. The molecule has 244 valence electrons. The van der Waals surface area contributed by atoms with Crippen molar-refractivity contribution in [3.63, 3.8) is 0 Å². The molecule has 0 unspecified atom stereocenters. The summed E-state index contributed by atoms with van der Waals surface area (Å²) < 4.78 is 12.9. The number of aliphatic hydroxyl groups is 1. The number of carbonyl (C=O) groups excluding carboxylic acids is 1. The monoisotopic (exact) mass is 655 g/mol. The molecule has 4 aromatic rings. The zero-order valence-corrected chi connectivity index (χ0v) is 26.5. The molecule has 0 spiro atoms. The summed E-state index contributed by atoms with van der Waals surface area (Å²) in [6.45, 7) is 0.272. The van der Waals surface area contributed by atoms with Gasteiger partial charge in [0.05, 0.1) is 24.4 Å². The van der Waals surface area contributed by atoms with Gasteiger partial charge in [0.1, 0.15) is 0 Å². The maximum Gasteiger partial charge on any atom is 0.336 e. The van der Waals surface area contributed by atoms with Gasteiger partial charge in [-0.05, 0) is 46.4 Å². The number of carbonyl (C=O) groups is 3. The fraction of sp³-hybridized carbons (Fsp3) is 0.270. The number of aliphatic hydroxyl groups excluding tert-OH is 1. The second-order valence-corrected chi connectivity index (χ2v) is 12.3. The molecule has 0 bridgehead atoms. The summed E-state index contributed by atoms with van der Waals surface area (Å²) in [7, 11) is 0. The maximum atomic E-state index is 12.3. The van der Waals surface area contributed by atoms with Gasteiger partial charge in [-0.1, -0.05) is 84.9 Å². The molecule has 1 amide bonds. The number of carboxylic acid groups (broad SMARTS) is 2. The van der Waals surface area contributed by atoms with Crippen molar-refractivity contribution in [1.29, 1.82) is 0 Å². The molecular weight excluding hydrogens is 618 g/mol. The summed E-state index contributed by atoms with van der Waals surface area (Å²) in [6.07, 6.45) is -0.197. The minimum absolute atomic E-state index is 0.0419. The van der Waals surface area contributed by atoms with Gasteiger partial charge in [-0.25, -0.2) is 4.79 Å². The Morgan fingerprint density at radius 2 is 1.51 bits per heavy atom. The Morgan fingerprint density at radius 1 is 0.809 bits per heavy atom. The minimum Gasteiger partial charge on any atom is -0.481 e. The van der Waals surface area contributed by atoms with Crippen molar-refractivity contribution in [2.45, 2.75) is 62.2 Å². The molecule has 1 saturated heterocycles. The molecule has 1 heterocycles. The van der Waals surface area contributed by atoms with Crippen LogP contribution >= 0.6 is 11.8 Å². The number of hydrogen-bond donors (Lipinski definition) is 4. The zero-order valence-electron chi connectivity index (χ0n) is 25.7. The molecule has 0 radical (unpaired) electrons. The van der Waals surface area contributed by atoms with Crippen LogP contribution in [0.2, 0.25) is 0 Å². The van der Waals surface area contributed by atoms with Gasteiger partial charge in [0.2, 0.25) is 5.91 Å². The predicted octanol–water partition coefficient (Wildman–Crippen LogP) is 6.75. The van der Waals surface area contributed by atoms with Crippen LogP contribution in [0.5, 0.6) is 0 Å². The lowest BCUT2D eigenvalue weighted by molar-refractivity contribution is -0.245. The molecule has 1 fully saturated rings. The number of aliphatic carboxylic acids is 1. The number of carboxylic acids is 2. The highest BCUT2D eigenvalue weighted by atomic mass is 32.2. The first-order valence-corrected chi connectivity index (χ1v) is 16.4. The van der Waals surface area contributed by atoms with Crippen LogP contribution in [0.1, 0.15) is 70.7 Å². The van der Waals surface area contributed by atoms with Crippen LogP contribution in [0.15, 0.2) is 102 Å². The lowest BCUT2D eigenvalue weighted by Crippen LogP contribution is -2.31. The van der Waals surface area contributed by atoms with Crippen LogP contribution in [-0.4, -0.2) is 45.0 Å². The summed E-state index contributed by atoms with van der Waals surface area (Å²) >= 11 is 1.45. The third kappa shape index (κ3) is 9.30. The van der Waals surface area contributed by atoms with E-state index >= 15 is 0 Å². The van der Waals surface area contributed by atoms with Gasteiger partial charge in [0.15, 0.2) is 6.29 Å². The van der Waals surface area contributed by atoms with Crippen molar-refractivity contribution in [2.24, 2.45) is 0 Å². The van der Waals surface area contributed by atoms with Crippen molar-refractivity contribution in [3.8, 4) is 11.1 Å². The van der Waals surface area contributed by atoms with E-state index < -0.39 is 18.2 Å². The van der Waals surface area contributed by atoms with Crippen LogP contribution in [0.4, 0.5) is 0 Å². The van der Waals surface area contributed by atoms with E-state index in [1.807, 2.05) is 78.9 Å². The van der Waals surface area contributed by atoms with E-state index in [-0.39, 0.29) is 43.1 Å². The van der Waals surface area contributed by atoms with Gasteiger partial charge < -0.3 is 30.1 Å². The number of ether oxygens (including phenoxy) is 2. The summed E-state index contributed by atoms with van der Waals surface area (Å²) in [5.41, 5.74) is 5.70. The maximum absolute atomic E-state index is 12.3. The summed E-state index contributed by atoms with van der Waals surface area (Å²) in [5.74, 6) is -1.55. The second-order valence-electron chi connectivity index (χ2n) is 11.3. The van der Waals surface area contributed by atoms with E-state index in [0.717, 1.165) is 33.4 Å². The molecule has 47 heavy (non-hydrogen) atoms. The molecule has 1 aliphatic rings. The highest BCUT2D eigenvalue weighted by Gasteiger charge is 2.32. The largest absolute Gasteiger partial charge is 0.481 e. The van der Waals surface area contributed by atoms with E-state index in [2.05, 4.69) is 5.32 Å². The van der Waals surface area contributed by atoms with Gasteiger partial charge in [0, 0.05) is 42.0 Å². The molecule has 10 heteroatoms. The van der Waals surface area contributed by atoms with E-state index in [1.165, 1.54) is 11.8 Å². The van der Waals surface area contributed by atoms with Crippen molar-refractivity contribution in [1.82, 2.24) is 5.32 Å². The SMILES string of the molecule is O=C(O)CCCC(=O)NCc1ccccc1-c1ccc([C@@H]2O[C@H](CSc3ccccc3C(=O)O)C[C@H](c3ccc(CO)cc3)O2)cc1. The lowest BCUT2D eigenvalue weighted by Gasteiger charge is -2.36. The Bertz CT molecular complexity index is 1670. The van der Waals surface area contributed by atoms with Crippen LogP contribution in [-0.2, 0) is 32.2 Å². The van der Waals surface area contributed by atoms with Gasteiger partial charge in [0.25, 0.3) is 0 Å². The van der Waals surface area contributed by atoms with Crippen LogP contribution < -0.4 is 5.32 Å². The molecule has 0 saturated carbocycles. The van der Waals surface area contributed by atoms with Gasteiger partial charge >= 0.3 is 11.9 Å². The molecule has 4 N–H and O–H groups in total. The quantitative estimate of drug-likeness (QED) is 0.109. The van der Waals surface area contributed by atoms with Gasteiger partial charge in [-0.3, -0.25) is 9.59 Å². The Balaban J connectivity index is 1.31. The number of amides is 1. The molecular formula is C37H37NO8S. The third-order valence-corrected chi connectivity index (χ3v) is 9.14. The highest BCUT2D eigenvalue weighted by Crippen LogP contribution is 2.40. The topological polar surface area (TPSA) is 142 Å². The van der Waals surface area contributed by atoms with Gasteiger partial charge in [-0.2, -0.15) is 0 Å². The van der Waals surface area contributed by atoms with Crippen molar-refractivity contribution in [2.75, 3.05) is 5.75 Å². The Morgan fingerprint density at radius 3 is 2.23 bits per heavy atom. The third-order valence-electron chi connectivity index (χ3n) is 7.94. The Labute approximate surface area is 277 Å². The van der Waals surface area contributed by atoms with Crippen LogP contribution in [0, 0.1) is 0 Å². The number of thioether (sulfide) groups is 1. The lowest BCUT2D eigenvalue weighted by atomic mass is 9.97. The highest BCUT2D eigenvalue weighted by molar-refractivity contribution is 7.99. The van der Waals surface area contributed by atoms with E-state index in [1.54, 1.807) is 18.2 Å². The number of rotatable bonds is 14. The zero-order chi connectivity index (χ0) is 33.2. The van der Waals surface area contributed by atoms with Crippen molar-refractivity contribution >= 4 is 29.6 Å². The molecule has 4 aromatic carbocycles. The van der Waals surface area contributed by atoms with E-state index in [4.69, 9.17) is 14.6 Å². The smallest absolute Gasteiger partial charge is 0.336 e. The predicted molar refractivity (Wildman–Crippen MR) is 178 cm³/mol. The number of hydrogen-bond acceptors (Lipinski definition) is 7. The normalized spacial score (nSPS) is 17.6. The van der Waals surface area contributed by atoms with Crippen LogP contribution in [0.25, 0.3) is 11.1 Å². The average Bonchev–Trinajstić information content (AvgIpc) is 3.10. The Kier molecular flexibility index (Phi) is 11.8.